The highest BCUT2D eigenvalue weighted by atomic mass is 32.2. The third-order valence-electron chi connectivity index (χ3n) is 1.49. The van der Waals surface area contributed by atoms with Crippen LogP contribution in [0.1, 0.15) is 0 Å². The molecule has 4 heteroatoms. The monoisotopic (exact) mass is 224 g/mol. The predicted octanol–water partition coefficient (Wildman–Crippen LogP) is 2.44. The number of rotatable bonds is 6. The molecule has 1 rings (SSSR count). The van der Waals surface area contributed by atoms with E-state index >= 15 is 0 Å². The van der Waals surface area contributed by atoms with E-state index in [2.05, 4.69) is 16.4 Å². The molecule has 0 aliphatic carbocycles. The summed E-state index contributed by atoms with van der Waals surface area (Å²) in [5, 5.41) is 0. The van der Waals surface area contributed by atoms with Crippen LogP contribution in [0, 0.1) is 0 Å². The van der Waals surface area contributed by atoms with Crippen molar-refractivity contribution in [2.45, 2.75) is 4.90 Å². The molecule has 0 aliphatic rings. The van der Waals surface area contributed by atoms with E-state index in [1.54, 1.807) is 11.8 Å². The lowest BCUT2D eigenvalue weighted by Gasteiger charge is -2.01. The molecule has 1 aromatic carbocycles. The normalized spacial score (nSPS) is 9.60. The van der Waals surface area contributed by atoms with E-state index in [1.807, 2.05) is 30.3 Å². The van der Waals surface area contributed by atoms with Gasteiger partial charge in [0.2, 0.25) is 0 Å². The van der Waals surface area contributed by atoms with Crippen molar-refractivity contribution in [1.82, 2.24) is 0 Å². The zero-order chi connectivity index (χ0) is 10.9. The highest BCUT2D eigenvalue weighted by Crippen LogP contribution is 2.16. The van der Waals surface area contributed by atoms with Gasteiger partial charge in [0.1, 0.15) is 6.61 Å². The second kappa shape index (κ2) is 7.09. The Kier molecular flexibility index (Phi) is 5.58. The van der Waals surface area contributed by atoms with Gasteiger partial charge in [-0.1, -0.05) is 24.8 Å². The number of hydrogen-bond acceptors (Lipinski definition) is 4. The van der Waals surface area contributed by atoms with Crippen LogP contribution in [0.2, 0.25) is 0 Å². The first-order valence-corrected chi connectivity index (χ1v) is 5.45. The summed E-state index contributed by atoms with van der Waals surface area (Å²) in [6.45, 7) is 3.61. The van der Waals surface area contributed by atoms with Gasteiger partial charge in [-0.25, -0.2) is 4.79 Å². The molecule has 0 aliphatic heterocycles. The minimum Gasteiger partial charge on any atom is -0.294 e. The first-order chi connectivity index (χ1) is 7.33. The van der Waals surface area contributed by atoms with E-state index in [4.69, 9.17) is 0 Å². The van der Waals surface area contributed by atoms with Crippen molar-refractivity contribution in [3.63, 3.8) is 0 Å². The topological polar surface area (TPSA) is 35.5 Å². The summed E-state index contributed by atoms with van der Waals surface area (Å²) in [5.74, 6) is 0.161. The summed E-state index contributed by atoms with van der Waals surface area (Å²) in [4.78, 5) is 20.8. The van der Waals surface area contributed by atoms with Crippen LogP contribution in [-0.4, -0.2) is 18.3 Å². The van der Waals surface area contributed by atoms with Gasteiger partial charge in [0.25, 0.3) is 0 Å². The van der Waals surface area contributed by atoms with Crippen LogP contribution in [0.5, 0.6) is 0 Å². The van der Waals surface area contributed by atoms with E-state index in [9.17, 15) is 4.79 Å². The highest BCUT2D eigenvalue weighted by Gasteiger charge is 1.97. The molecule has 0 saturated heterocycles. The molecule has 0 N–H and O–H groups in total. The Hall–Kier alpha value is -1.26. The van der Waals surface area contributed by atoms with Crippen molar-refractivity contribution in [2.75, 3.05) is 12.4 Å². The third-order valence-corrected chi connectivity index (χ3v) is 2.46. The van der Waals surface area contributed by atoms with Gasteiger partial charge in [-0.15, -0.1) is 11.8 Å². The molecule has 0 spiro atoms. The largest absolute Gasteiger partial charge is 0.365 e. The van der Waals surface area contributed by atoms with E-state index in [-0.39, 0.29) is 0 Å². The molecule has 0 unspecified atom stereocenters. The van der Waals surface area contributed by atoms with Gasteiger partial charge < -0.3 is 0 Å². The van der Waals surface area contributed by atoms with Crippen LogP contribution in [0.15, 0.2) is 47.9 Å². The molecule has 0 radical (unpaired) electrons. The van der Waals surface area contributed by atoms with Gasteiger partial charge in [-0.2, -0.15) is 4.89 Å². The van der Waals surface area contributed by atoms with E-state index in [0.717, 1.165) is 16.7 Å². The summed E-state index contributed by atoms with van der Waals surface area (Å²) in [7, 11) is 0. The van der Waals surface area contributed by atoms with Crippen molar-refractivity contribution in [3.05, 3.63) is 43.0 Å². The molecule has 0 heterocycles. The molecule has 0 fully saturated rings. The molecular formula is C11H12O3S. The predicted molar refractivity (Wildman–Crippen MR) is 59.4 cm³/mol. The minimum absolute atomic E-state index is 0.360. The fourth-order valence-corrected chi connectivity index (χ4v) is 1.58. The van der Waals surface area contributed by atoms with Gasteiger partial charge in [-0.05, 0) is 12.1 Å². The fourth-order valence-electron chi connectivity index (χ4n) is 0.844. The highest BCUT2D eigenvalue weighted by molar-refractivity contribution is 7.99. The number of hydrogen-bond donors (Lipinski definition) is 0. The molecule has 0 aromatic heterocycles. The van der Waals surface area contributed by atoms with Gasteiger partial charge in [-0.3, -0.25) is 4.89 Å². The average molecular weight is 224 g/mol. The van der Waals surface area contributed by atoms with Crippen molar-refractivity contribution < 1.29 is 14.6 Å². The SMILES string of the molecule is C=CC(=O)OOCCSc1ccccc1. The molecule has 0 amide bonds. The maximum Gasteiger partial charge on any atom is 0.365 e. The van der Waals surface area contributed by atoms with Crippen molar-refractivity contribution >= 4 is 17.7 Å². The number of carbonyl (C=O) groups excluding carboxylic acids is 1. The van der Waals surface area contributed by atoms with E-state index < -0.39 is 5.97 Å². The molecule has 80 valence electrons. The van der Waals surface area contributed by atoms with Crippen LogP contribution in [-0.2, 0) is 14.6 Å². The van der Waals surface area contributed by atoms with Crippen molar-refractivity contribution in [1.29, 1.82) is 0 Å². The van der Waals surface area contributed by atoms with Crippen LogP contribution < -0.4 is 0 Å². The van der Waals surface area contributed by atoms with Crippen LogP contribution in [0.4, 0.5) is 0 Å². The van der Waals surface area contributed by atoms with Crippen LogP contribution in [0.3, 0.4) is 0 Å². The molecule has 0 bridgehead atoms. The lowest BCUT2D eigenvalue weighted by Crippen LogP contribution is -2.04. The first kappa shape index (κ1) is 11.8. The van der Waals surface area contributed by atoms with Gasteiger partial charge in [0.05, 0.1) is 0 Å². The Morgan fingerprint density at radius 2 is 2.13 bits per heavy atom. The quantitative estimate of drug-likeness (QED) is 0.244. The number of thioether (sulfide) groups is 1. The summed E-state index contributed by atoms with van der Waals surface area (Å²) < 4.78 is 0. The van der Waals surface area contributed by atoms with Crippen LogP contribution in [0.25, 0.3) is 0 Å². The summed E-state index contributed by atoms with van der Waals surface area (Å²) in [6, 6.07) is 9.94. The summed E-state index contributed by atoms with van der Waals surface area (Å²) in [6.07, 6.45) is 1.06. The fraction of sp³-hybridized carbons (Fsp3) is 0.182. The van der Waals surface area contributed by atoms with Gasteiger partial charge in [0.15, 0.2) is 0 Å². The Balaban J connectivity index is 2.07. The smallest absolute Gasteiger partial charge is 0.294 e. The van der Waals surface area contributed by atoms with Gasteiger partial charge >= 0.3 is 5.97 Å². The van der Waals surface area contributed by atoms with E-state index in [1.165, 1.54) is 0 Å². The minimum atomic E-state index is -0.570. The lowest BCUT2D eigenvalue weighted by molar-refractivity contribution is -0.263. The zero-order valence-electron chi connectivity index (χ0n) is 8.22. The second-order valence-electron chi connectivity index (χ2n) is 2.59. The Bertz CT molecular complexity index is 311. The maximum atomic E-state index is 10.6. The first-order valence-electron chi connectivity index (χ1n) is 4.46. The number of carbonyl (C=O) groups is 1. The van der Waals surface area contributed by atoms with Gasteiger partial charge in [0, 0.05) is 16.7 Å². The molecular weight excluding hydrogens is 212 g/mol. The second-order valence-corrected chi connectivity index (χ2v) is 3.76. The van der Waals surface area contributed by atoms with Crippen molar-refractivity contribution in [2.24, 2.45) is 0 Å². The molecule has 0 atom stereocenters. The molecule has 15 heavy (non-hydrogen) atoms. The molecule has 1 aromatic rings. The third kappa shape index (κ3) is 5.24. The molecule has 0 saturated carbocycles. The average Bonchev–Trinajstić information content (AvgIpc) is 2.29. The van der Waals surface area contributed by atoms with E-state index in [0.29, 0.717) is 6.61 Å². The van der Waals surface area contributed by atoms with Crippen molar-refractivity contribution in [3.8, 4) is 0 Å². The summed E-state index contributed by atoms with van der Waals surface area (Å²) >= 11 is 1.64. The molecule has 3 nitrogen and oxygen atoms in total. The lowest BCUT2D eigenvalue weighted by atomic mass is 10.4. The Morgan fingerprint density at radius 3 is 2.80 bits per heavy atom. The Labute approximate surface area is 93.0 Å². The standard InChI is InChI=1S/C11H12O3S/c1-2-11(12)14-13-8-9-15-10-6-4-3-5-7-10/h2-7H,1,8-9H2. The van der Waals surface area contributed by atoms with Crippen LogP contribution >= 0.6 is 11.8 Å². The number of benzene rings is 1. The summed E-state index contributed by atoms with van der Waals surface area (Å²) in [5.41, 5.74) is 0. The Morgan fingerprint density at radius 1 is 1.40 bits per heavy atom. The maximum absolute atomic E-state index is 10.6. The zero-order valence-corrected chi connectivity index (χ0v) is 9.03.